The van der Waals surface area contributed by atoms with Gasteiger partial charge in [0.25, 0.3) is 5.91 Å². The van der Waals surface area contributed by atoms with Gasteiger partial charge < -0.3 is 4.90 Å². The lowest BCUT2D eigenvalue weighted by atomic mass is 9.49. The van der Waals surface area contributed by atoms with Crippen LogP contribution < -0.4 is 4.90 Å². The second-order valence-corrected chi connectivity index (χ2v) is 11.7. The molecule has 0 N–H and O–H groups in total. The lowest BCUT2D eigenvalue weighted by Gasteiger charge is -2.57. The normalized spacial score (nSPS) is 35.8. The van der Waals surface area contributed by atoms with Gasteiger partial charge in [-0.2, -0.15) is 0 Å². The van der Waals surface area contributed by atoms with Gasteiger partial charge in [-0.3, -0.25) is 14.4 Å². The molecule has 1 aliphatic heterocycles. The van der Waals surface area contributed by atoms with Gasteiger partial charge in [0.1, 0.15) is 6.04 Å². The molecule has 1 aromatic carbocycles. The Bertz CT molecular complexity index is 926. The summed E-state index contributed by atoms with van der Waals surface area (Å²) in [6.07, 6.45) is 8.89. The van der Waals surface area contributed by atoms with Gasteiger partial charge in [0.2, 0.25) is 11.8 Å². The van der Waals surface area contributed by atoms with Crippen molar-refractivity contribution in [2.24, 2.45) is 23.2 Å². The van der Waals surface area contributed by atoms with E-state index in [0.717, 1.165) is 32.1 Å². The van der Waals surface area contributed by atoms with Crippen molar-refractivity contribution in [3.8, 4) is 0 Å². The molecule has 4 bridgehead atoms. The summed E-state index contributed by atoms with van der Waals surface area (Å²) in [5.41, 5.74) is 1.54. The quantitative estimate of drug-likeness (QED) is 0.634. The Balaban J connectivity index is 1.28. The number of carbonyl (C=O) groups excluding carboxylic acids is 3. The Hall–Kier alpha value is -2.17. The summed E-state index contributed by atoms with van der Waals surface area (Å²) in [5, 5.41) is 0. The monoisotopic (exact) mass is 434 g/mol. The lowest BCUT2D eigenvalue weighted by Crippen LogP contribution is -2.58. The van der Waals surface area contributed by atoms with Crippen LogP contribution in [0.1, 0.15) is 83.1 Å². The van der Waals surface area contributed by atoms with Gasteiger partial charge in [0.05, 0.1) is 17.5 Å². The van der Waals surface area contributed by atoms with Crippen LogP contribution in [0.15, 0.2) is 24.3 Å². The minimum absolute atomic E-state index is 0.124. The van der Waals surface area contributed by atoms with Crippen LogP contribution in [0.25, 0.3) is 0 Å². The minimum atomic E-state index is -0.625. The van der Waals surface area contributed by atoms with Crippen LogP contribution in [-0.4, -0.2) is 34.7 Å². The molecule has 1 heterocycles. The molecule has 1 atom stereocenters. The van der Waals surface area contributed by atoms with Crippen molar-refractivity contribution >= 4 is 23.4 Å². The first kappa shape index (κ1) is 20.4. The highest BCUT2D eigenvalue weighted by atomic mass is 16.2. The molecular weight excluding hydrogens is 400 g/mol. The van der Waals surface area contributed by atoms with E-state index in [-0.39, 0.29) is 35.6 Å². The lowest BCUT2D eigenvalue weighted by molar-refractivity contribution is -0.162. The van der Waals surface area contributed by atoms with Crippen molar-refractivity contribution in [1.82, 2.24) is 4.90 Å². The summed E-state index contributed by atoms with van der Waals surface area (Å²) in [7, 11) is 0. The van der Waals surface area contributed by atoms with Crippen molar-refractivity contribution in [3.05, 3.63) is 29.8 Å². The standard InChI is InChI=1S/C27H34N2O3/c1-16(2)20-3-5-22(6-4-20)29-24(30)12-23(25(29)31)28(21-7-8-21)26(32)27-13-17-9-18(14-27)11-19(10-17)15-27/h3-6,16-19,21,23H,7-15H2,1-2H3. The van der Waals surface area contributed by atoms with Crippen LogP contribution in [0.3, 0.4) is 0 Å². The van der Waals surface area contributed by atoms with Crippen LogP contribution in [-0.2, 0) is 14.4 Å². The number of nitrogens with zero attached hydrogens (tertiary/aromatic N) is 2. The Labute approximate surface area is 190 Å². The van der Waals surface area contributed by atoms with E-state index in [1.165, 1.54) is 29.7 Å². The van der Waals surface area contributed by atoms with Crippen molar-refractivity contribution < 1.29 is 14.4 Å². The molecule has 1 aromatic rings. The van der Waals surface area contributed by atoms with Crippen LogP contribution in [0.5, 0.6) is 0 Å². The SMILES string of the molecule is CC(C)c1ccc(N2C(=O)CC(N(C(=O)C34CC5CC(CC(C5)C3)C4)C3CC3)C2=O)cc1. The zero-order chi connectivity index (χ0) is 22.2. The summed E-state index contributed by atoms with van der Waals surface area (Å²) in [6, 6.07) is 7.24. The number of hydrogen-bond donors (Lipinski definition) is 0. The largest absolute Gasteiger partial charge is 0.327 e. The highest BCUT2D eigenvalue weighted by Crippen LogP contribution is 2.61. The highest BCUT2D eigenvalue weighted by Gasteiger charge is 2.59. The van der Waals surface area contributed by atoms with Crippen molar-refractivity contribution in [3.63, 3.8) is 0 Å². The molecule has 5 nitrogen and oxygen atoms in total. The molecule has 0 radical (unpaired) electrons. The zero-order valence-corrected chi connectivity index (χ0v) is 19.3. The van der Waals surface area contributed by atoms with Gasteiger partial charge in [0.15, 0.2) is 0 Å². The summed E-state index contributed by atoms with van der Waals surface area (Å²) >= 11 is 0. The summed E-state index contributed by atoms with van der Waals surface area (Å²) in [5.74, 6) is 2.25. The second-order valence-electron chi connectivity index (χ2n) is 11.7. The molecule has 6 aliphatic rings. The first-order chi connectivity index (χ1) is 15.3. The molecule has 5 saturated carbocycles. The molecule has 5 aliphatic carbocycles. The van der Waals surface area contributed by atoms with E-state index in [0.29, 0.717) is 29.4 Å². The predicted octanol–water partition coefficient (Wildman–Crippen LogP) is 4.65. The maximum Gasteiger partial charge on any atom is 0.257 e. The maximum absolute atomic E-state index is 14.1. The van der Waals surface area contributed by atoms with Crippen LogP contribution >= 0.6 is 0 Å². The average molecular weight is 435 g/mol. The molecule has 1 unspecified atom stereocenters. The maximum atomic E-state index is 14.1. The van der Waals surface area contributed by atoms with Crippen molar-refractivity contribution in [2.75, 3.05) is 4.90 Å². The first-order valence-electron chi connectivity index (χ1n) is 12.6. The Morgan fingerprint density at radius 2 is 1.53 bits per heavy atom. The fourth-order valence-electron chi connectivity index (χ4n) is 7.67. The van der Waals surface area contributed by atoms with E-state index in [1.807, 2.05) is 29.2 Å². The average Bonchev–Trinajstić information content (AvgIpc) is 3.53. The number of hydrogen-bond acceptors (Lipinski definition) is 3. The molecule has 3 amide bonds. The van der Waals surface area contributed by atoms with Gasteiger partial charge in [-0.25, -0.2) is 4.90 Å². The fourth-order valence-corrected chi connectivity index (χ4v) is 7.67. The summed E-state index contributed by atoms with van der Waals surface area (Å²) in [4.78, 5) is 43.9. The molecule has 1 saturated heterocycles. The van der Waals surface area contributed by atoms with Crippen LogP contribution in [0, 0.1) is 23.2 Å². The molecule has 170 valence electrons. The van der Waals surface area contributed by atoms with E-state index >= 15 is 0 Å². The van der Waals surface area contributed by atoms with Gasteiger partial charge in [0, 0.05) is 6.04 Å². The van der Waals surface area contributed by atoms with E-state index in [1.54, 1.807) is 0 Å². The molecule has 32 heavy (non-hydrogen) atoms. The molecular formula is C27H34N2O3. The van der Waals surface area contributed by atoms with E-state index in [2.05, 4.69) is 13.8 Å². The third-order valence-electron chi connectivity index (χ3n) is 8.94. The topological polar surface area (TPSA) is 57.7 Å². The van der Waals surface area contributed by atoms with Gasteiger partial charge >= 0.3 is 0 Å². The molecule has 0 spiro atoms. The molecule has 7 rings (SSSR count). The number of carbonyl (C=O) groups is 3. The van der Waals surface area contributed by atoms with Crippen LogP contribution in [0.2, 0.25) is 0 Å². The van der Waals surface area contributed by atoms with E-state index in [9.17, 15) is 14.4 Å². The number of benzene rings is 1. The first-order valence-corrected chi connectivity index (χ1v) is 12.6. The smallest absolute Gasteiger partial charge is 0.257 e. The van der Waals surface area contributed by atoms with Gasteiger partial charge in [-0.05, 0) is 92.7 Å². The second kappa shape index (κ2) is 7.16. The number of imide groups is 1. The summed E-state index contributed by atoms with van der Waals surface area (Å²) < 4.78 is 0. The minimum Gasteiger partial charge on any atom is -0.327 e. The number of anilines is 1. The summed E-state index contributed by atoms with van der Waals surface area (Å²) in [6.45, 7) is 4.25. The van der Waals surface area contributed by atoms with E-state index in [4.69, 9.17) is 0 Å². The van der Waals surface area contributed by atoms with Crippen molar-refractivity contribution in [1.29, 1.82) is 0 Å². The van der Waals surface area contributed by atoms with Gasteiger partial charge in [-0.1, -0.05) is 26.0 Å². The molecule has 6 fully saturated rings. The fraction of sp³-hybridized carbons (Fsp3) is 0.667. The number of rotatable bonds is 5. The third kappa shape index (κ3) is 3.14. The Morgan fingerprint density at radius 3 is 2.03 bits per heavy atom. The predicted molar refractivity (Wildman–Crippen MR) is 122 cm³/mol. The molecule has 5 heteroatoms. The Kier molecular flexibility index (Phi) is 4.58. The highest BCUT2D eigenvalue weighted by molar-refractivity contribution is 6.23. The van der Waals surface area contributed by atoms with Crippen molar-refractivity contribution in [2.45, 2.75) is 89.6 Å². The Morgan fingerprint density at radius 1 is 0.969 bits per heavy atom. The molecule has 0 aromatic heterocycles. The van der Waals surface area contributed by atoms with E-state index < -0.39 is 6.04 Å². The number of amides is 3. The van der Waals surface area contributed by atoms with Gasteiger partial charge in [-0.15, -0.1) is 0 Å². The third-order valence-corrected chi connectivity index (χ3v) is 8.94. The zero-order valence-electron chi connectivity index (χ0n) is 19.3. The van der Waals surface area contributed by atoms with Crippen LogP contribution in [0.4, 0.5) is 5.69 Å².